The molecule has 2 heterocycles. The largest absolute Gasteiger partial charge is 0.343 e. The van der Waals surface area contributed by atoms with Crippen molar-refractivity contribution >= 4 is 22.8 Å². The first-order valence-electron chi connectivity index (χ1n) is 4.16. The van der Waals surface area contributed by atoms with Crippen LogP contribution in [0.25, 0.3) is 0 Å². The van der Waals surface area contributed by atoms with Gasteiger partial charge in [0.1, 0.15) is 0 Å². The summed E-state index contributed by atoms with van der Waals surface area (Å²) in [7, 11) is 0. The van der Waals surface area contributed by atoms with Crippen LogP contribution >= 0.6 is 11.8 Å². The summed E-state index contributed by atoms with van der Waals surface area (Å²) in [6.45, 7) is 0. The Morgan fingerprint density at radius 2 is 2.43 bits per heavy atom. The molecule has 4 nitrogen and oxygen atoms in total. The van der Waals surface area contributed by atoms with E-state index in [1.165, 1.54) is 6.20 Å². The van der Waals surface area contributed by atoms with Gasteiger partial charge in [-0.25, -0.2) is 0 Å². The van der Waals surface area contributed by atoms with Gasteiger partial charge in [-0.2, -0.15) is 0 Å². The lowest BCUT2D eigenvalue weighted by molar-refractivity contribution is -0.126. The normalized spacial score (nSPS) is 19.7. The van der Waals surface area contributed by atoms with E-state index in [-0.39, 0.29) is 16.4 Å². The van der Waals surface area contributed by atoms with Gasteiger partial charge >= 0.3 is 0 Å². The summed E-state index contributed by atoms with van der Waals surface area (Å²) in [6.07, 6.45) is 3.57. The SMILES string of the molecule is O=C1C[C@H](SC(=O)c2cccnc2)N1. The predicted molar refractivity (Wildman–Crippen MR) is 52.7 cm³/mol. The highest BCUT2D eigenvalue weighted by molar-refractivity contribution is 8.14. The van der Waals surface area contributed by atoms with Crippen molar-refractivity contribution in [3.05, 3.63) is 30.1 Å². The molecule has 1 aliphatic heterocycles. The number of rotatable bonds is 2. The monoisotopic (exact) mass is 208 g/mol. The van der Waals surface area contributed by atoms with E-state index in [0.29, 0.717) is 12.0 Å². The number of carbonyl (C=O) groups excluding carboxylic acids is 2. The Bertz CT molecular complexity index is 358. The van der Waals surface area contributed by atoms with Crippen molar-refractivity contribution < 1.29 is 9.59 Å². The fraction of sp³-hybridized carbons (Fsp3) is 0.222. The second kappa shape index (κ2) is 3.79. The van der Waals surface area contributed by atoms with Gasteiger partial charge in [-0.05, 0) is 12.1 Å². The Morgan fingerprint density at radius 3 is 3.00 bits per heavy atom. The van der Waals surface area contributed by atoms with Crippen LogP contribution in [-0.4, -0.2) is 21.4 Å². The minimum absolute atomic E-state index is 0.00138. The lowest BCUT2D eigenvalue weighted by Crippen LogP contribution is -2.46. The third-order valence-corrected chi connectivity index (χ3v) is 2.86. The lowest BCUT2D eigenvalue weighted by atomic mass is 10.3. The summed E-state index contributed by atoms with van der Waals surface area (Å²) in [5, 5.41) is 2.51. The summed E-state index contributed by atoms with van der Waals surface area (Å²) >= 11 is 1.13. The Morgan fingerprint density at radius 1 is 1.64 bits per heavy atom. The molecule has 1 aromatic heterocycles. The van der Waals surface area contributed by atoms with Crippen LogP contribution in [0.3, 0.4) is 0 Å². The van der Waals surface area contributed by atoms with Gasteiger partial charge in [-0.3, -0.25) is 14.6 Å². The molecule has 14 heavy (non-hydrogen) atoms. The number of β-lactam (4-membered cyclic amide) rings is 1. The van der Waals surface area contributed by atoms with Crippen LogP contribution in [0.2, 0.25) is 0 Å². The Hall–Kier alpha value is -1.36. The standard InChI is InChI=1S/C9H8N2O2S/c12-7-4-8(11-7)14-9(13)6-2-1-3-10-5-6/h1-3,5,8H,4H2,(H,11,12)/t8-/m0/s1. The van der Waals surface area contributed by atoms with Crippen LogP contribution < -0.4 is 5.32 Å². The molecule has 0 spiro atoms. The highest BCUT2D eigenvalue weighted by Crippen LogP contribution is 2.22. The molecule has 1 N–H and O–H groups in total. The summed E-state index contributed by atoms with van der Waals surface area (Å²) in [6, 6.07) is 3.43. The first-order chi connectivity index (χ1) is 6.75. The molecule has 1 fully saturated rings. The fourth-order valence-electron chi connectivity index (χ4n) is 1.08. The van der Waals surface area contributed by atoms with E-state index in [0.717, 1.165) is 11.8 Å². The van der Waals surface area contributed by atoms with Crippen LogP contribution in [-0.2, 0) is 4.79 Å². The van der Waals surface area contributed by atoms with Gasteiger partial charge in [0.05, 0.1) is 11.8 Å². The van der Waals surface area contributed by atoms with E-state index < -0.39 is 0 Å². The molecular formula is C9H8N2O2S. The number of carbonyl (C=O) groups is 2. The Kier molecular flexibility index (Phi) is 2.49. The number of nitrogens with one attached hydrogen (secondary N) is 1. The molecular weight excluding hydrogens is 200 g/mol. The first kappa shape index (κ1) is 9.21. The van der Waals surface area contributed by atoms with Crippen molar-refractivity contribution in [1.82, 2.24) is 10.3 Å². The first-order valence-corrected chi connectivity index (χ1v) is 5.04. The molecule has 1 amide bonds. The molecule has 1 atom stereocenters. The number of thioether (sulfide) groups is 1. The number of amides is 1. The van der Waals surface area contributed by atoms with Crippen LogP contribution in [0, 0.1) is 0 Å². The molecule has 0 aliphatic carbocycles. The third kappa shape index (κ3) is 1.93. The van der Waals surface area contributed by atoms with Crippen LogP contribution in [0.4, 0.5) is 0 Å². The molecule has 72 valence electrons. The third-order valence-electron chi connectivity index (χ3n) is 1.84. The number of nitrogens with zero attached hydrogens (tertiary/aromatic N) is 1. The van der Waals surface area contributed by atoms with Gasteiger partial charge in [0.2, 0.25) is 11.0 Å². The van der Waals surface area contributed by atoms with Crippen molar-refractivity contribution in [3.63, 3.8) is 0 Å². The maximum Gasteiger partial charge on any atom is 0.223 e. The van der Waals surface area contributed by atoms with Gasteiger partial charge in [0.15, 0.2) is 0 Å². The minimum Gasteiger partial charge on any atom is -0.343 e. The van der Waals surface area contributed by atoms with Gasteiger partial charge < -0.3 is 5.32 Å². The molecule has 0 aromatic carbocycles. The molecule has 0 unspecified atom stereocenters. The maximum absolute atomic E-state index is 11.5. The van der Waals surface area contributed by atoms with E-state index in [9.17, 15) is 9.59 Å². The average Bonchev–Trinajstić information content (AvgIpc) is 2.17. The average molecular weight is 208 g/mol. The van der Waals surface area contributed by atoms with Gasteiger partial charge in [0.25, 0.3) is 0 Å². The molecule has 0 bridgehead atoms. The van der Waals surface area contributed by atoms with E-state index >= 15 is 0 Å². The van der Waals surface area contributed by atoms with Crippen molar-refractivity contribution in [2.24, 2.45) is 0 Å². The lowest BCUT2D eigenvalue weighted by Gasteiger charge is -2.24. The summed E-state index contributed by atoms with van der Waals surface area (Å²) in [4.78, 5) is 26.0. The zero-order valence-corrected chi connectivity index (χ0v) is 8.08. The zero-order chi connectivity index (χ0) is 9.97. The molecule has 2 rings (SSSR count). The molecule has 1 aromatic rings. The van der Waals surface area contributed by atoms with E-state index in [4.69, 9.17) is 0 Å². The van der Waals surface area contributed by atoms with Crippen LogP contribution in [0.5, 0.6) is 0 Å². The van der Waals surface area contributed by atoms with Gasteiger partial charge in [-0.1, -0.05) is 11.8 Å². The number of pyridine rings is 1. The summed E-state index contributed by atoms with van der Waals surface area (Å²) in [5.74, 6) is 0.00138. The van der Waals surface area contributed by atoms with E-state index in [2.05, 4.69) is 10.3 Å². The summed E-state index contributed by atoms with van der Waals surface area (Å²) < 4.78 is 0. The highest BCUT2D eigenvalue weighted by atomic mass is 32.2. The number of hydrogen-bond donors (Lipinski definition) is 1. The number of aromatic nitrogens is 1. The Labute approximate surface area is 85.1 Å². The summed E-state index contributed by atoms with van der Waals surface area (Å²) in [5.41, 5.74) is 0.568. The van der Waals surface area contributed by atoms with E-state index in [1.807, 2.05) is 0 Å². The van der Waals surface area contributed by atoms with Gasteiger partial charge in [0, 0.05) is 18.0 Å². The molecule has 1 saturated heterocycles. The van der Waals surface area contributed by atoms with Crippen molar-refractivity contribution in [1.29, 1.82) is 0 Å². The van der Waals surface area contributed by atoms with Crippen molar-refractivity contribution in [3.8, 4) is 0 Å². The number of hydrogen-bond acceptors (Lipinski definition) is 4. The highest BCUT2D eigenvalue weighted by Gasteiger charge is 2.28. The van der Waals surface area contributed by atoms with Crippen molar-refractivity contribution in [2.45, 2.75) is 11.8 Å². The molecule has 0 saturated carbocycles. The molecule has 0 radical (unpaired) electrons. The smallest absolute Gasteiger partial charge is 0.223 e. The zero-order valence-electron chi connectivity index (χ0n) is 7.27. The van der Waals surface area contributed by atoms with Crippen molar-refractivity contribution in [2.75, 3.05) is 0 Å². The maximum atomic E-state index is 11.5. The molecule has 5 heteroatoms. The van der Waals surface area contributed by atoms with E-state index in [1.54, 1.807) is 18.3 Å². The topological polar surface area (TPSA) is 59.1 Å². The predicted octanol–water partition coefficient (Wildman–Crippen LogP) is 0.801. The molecule has 1 aliphatic rings. The second-order valence-electron chi connectivity index (χ2n) is 2.91. The minimum atomic E-state index is -0.0600. The Balaban J connectivity index is 1.93. The second-order valence-corrected chi connectivity index (χ2v) is 4.08. The van der Waals surface area contributed by atoms with Crippen LogP contribution in [0.1, 0.15) is 16.8 Å². The fourth-order valence-corrected chi connectivity index (χ4v) is 2.02. The van der Waals surface area contributed by atoms with Gasteiger partial charge in [-0.15, -0.1) is 0 Å². The quantitative estimate of drug-likeness (QED) is 0.730. The van der Waals surface area contributed by atoms with Crippen LogP contribution in [0.15, 0.2) is 24.5 Å².